The second kappa shape index (κ2) is 8.86. The van der Waals surface area contributed by atoms with Crippen LogP contribution >= 0.6 is 15.9 Å². The van der Waals surface area contributed by atoms with E-state index in [0.717, 1.165) is 22.9 Å². The van der Waals surface area contributed by atoms with Gasteiger partial charge in [-0.25, -0.2) is 14.2 Å². The van der Waals surface area contributed by atoms with Crippen LogP contribution in [0.3, 0.4) is 0 Å². The van der Waals surface area contributed by atoms with Crippen LogP contribution in [0.1, 0.15) is 25.3 Å². The Hall–Kier alpha value is -1.83. The smallest absolute Gasteiger partial charge is 0.409 e. The van der Waals surface area contributed by atoms with Crippen LogP contribution in [0.25, 0.3) is 0 Å². The summed E-state index contributed by atoms with van der Waals surface area (Å²) in [4.78, 5) is 17.6. The van der Waals surface area contributed by atoms with Crippen molar-refractivity contribution in [2.24, 2.45) is 10.7 Å². The van der Waals surface area contributed by atoms with Crippen LogP contribution in [0, 0.1) is 5.82 Å². The maximum atomic E-state index is 13.2. The van der Waals surface area contributed by atoms with Gasteiger partial charge in [0.25, 0.3) is 0 Å². The van der Waals surface area contributed by atoms with Gasteiger partial charge in [0.2, 0.25) is 0 Å². The molecular weight excluding hydrogens is 379 g/mol. The lowest BCUT2D eigenvalue weighted by molar-refractivity contribution is 0.0963. The van der Waals surface area contributed by atoms with E-state index in [4.69, 9.17) is 10.5 Å². The molecule has 1 heterocycles. The largest absolute Gasteiger partial charge is 0.450 e. The van der Waals surface area contributed by atoms with Gasteiger partial charge in [0.15, 0.2) is 5.96 Å². The molecule has 3 N–H and O–H groups in total. The number of aliphatic imine (C=N–C) groups is 1. The number of carbonyl (C=O) groups is 1. The first kappa shape index (κ1) is 18.5. The Morgan fingerprint density at radius 1 is 1.50 bits per heavy atom. The number of nitrogens with one attached hydrogen (secondary N) is 1. The molecule has 0 bridgehead atoms. The van der Waals surface area contributed by atoms with E-state index in [2.05, 4.69) is 26.2 Å². The van der Waals surface area contributed by atoms with Gasteiger partial charge >= 0.3 is 6.09 Å². The molecule has 1 fully saturated rings. The summed E-state index contributed by atoms with van der Waals surface area (Å²) in [6, 6.07) is 4.62. The minimum atomic E-state index is -0.304. The topological polar surface area (TPSA) is 80.0 Å². The van der Waals surface area contributed by atoms with E-state index < -0.39 is 0 Å². The molecule has 8 heteroatoms. The van der Waals surface area contributed by atoms with E-state index in [-0.39, 0.29) is 18.0 Å². The van der Waals surface area contributed by atoms with Crippen LogP contribution in [-0.2, 0) is 11.3 Å². The van der Waals surface area contributed by atoms with Crippen LogP contribution < -0.4 is 11.1 Å². The first-order valence-corrected chi connectivity index (χ1v) is 8.71. The molecule has 132 valence electrons. The van der Waals surface area contributed by atoms with E-state index in [0.29, 0.717) is 32.2 Å². The zero-order chi connectivity index (χ0) is 17.5. The van der Waals surface area contributed by atoms with Crippen LogP contribution in [-0.4, -0.2) is 42.7 Å². The second-order valence-corrected chi connectivity index (χ2v) is 6.40. The van der Waals surface area contributed by atoms with Gasteiger partial charge in [-0.3, -0.25) is 0 Å². The molecule has 0 saturated carbocycles. The fraction of sp³-hybridized carbons (Fsp3) is 0.500. The average molecular weight is 401 g/mol. The monoisotopic (exact) mass is 400 g/mol. The summed E-state index contributed by atoms with van der Waals surface area (Å²) in [5.74, 6) is 0.0158. The molecule has 1 aliphatic rings. The number of hydrogen-bond acceptors (Lipinski definition) is 3. The van der Waals surface area contributed by atoms with Gasteiger partial charge in [-0.1, -0.05) is 15.9 Å². The van der Waals surface area contributed by atoms with Gasteiger partial charge in [-0.2, -0.15) is 0 Å². The Bertz CT molecular complexity index is 604. The molecule has 0 aliphatic carbocycles. The number of likely N-dealkylation sites (tertiary alicyclic amines) is 1. The summed E-state index contributed by atoms with van der Waals surface area (Å²) in [6.07, 6.45) is 1.28. The highest BCUT2D eigenvalue weighted by atomic mass is 79.9. The Labute approximate surface area is 149 Å². The van der Waals surface area contributed by atoms with Crippen LogP contribution in [0.15, 0.2) is 27.7 Å². The molecule has 0 aromatic heterocycles. The molecule has 6 nitrogen and oxygen atoms in total. The van der Waals surface area contributed by atoms with E-state index in [9.17, 15) is 9.18 Å². The lowest BCUT2D eigenvalue weighted by Crippen LogP contribution is -2.48. The van der Waals surface area contributed by atoms with Gasteiger partial charge < -0.3 is 20.7 Å². The highest BCUT2D eigenvalue weighted by Crippen LogP contribution is 2.18. The molecule has 1 aromatic carbocycles. The van der Waals surface area contributed by atoms with Crippen molar-refractivity contribution in [2.45, 2.75) is 32.4 Å². The number of halogens is 2. The Morgan fingerprint density at radius 3 is 2.88 bits per heavy atom. The molecule has 0 spiro atoms. The van der Waals surface area contributed by atoms with E-state index in [1.807, 2.05) is 0 Å². The van der Waals surface area contributed by atoms with Gasteiger partial charge in [0.1, 0.15) is 5.82 Å². The zero-order valence-electron chi connectivity index (χ0n) is 13.6. The summed E-state index contributed by atoms with van der Waals surface area (Å²) < 4.78 is 19.0. The van der Waals surface area contributed by atoms with Crippen molar-refractivity contribution in [2.75, 3.05) is 19.7 Å². The number of guanidine groups is 1. The normalized spacial score (nSPS) is 16.1. The Morgan fingerprint density at radius 2 is 2.21 bits per heavy atom. The third kappa shape index (κ3) is 5.36. The quantitative estimate of drug-likeness (QED) is 0.601. The summed E-state index contributed by atoms with van der Waals surface area (Å²) >= 11 is 3.37. The molecule has 1 aromatic rings. The molecule has 24 heavy (non-hydrogen) atoms. The number of rotatable bonds is 4. The van der Waals surface area contributed by atoms with Crippen LogP contribution in [0.2, 0.25) is 0 Å². The summed E-state index contributed by atoms with van der Waals surface area (Å²) in [5, 5.41) is 3.15. The lowest BCUT2D eigenvalue weighted by Gasteiger charge is -2.31. The minimum Gasteiger partial charge on any atom is -0.450 e. The number of amides is 1. The number of piperidine rings is 1. The number of ether oxygens (including phenoxy) is 1. The molecular formula is C16H22BrFN4O2. The summed E-state index contributed by atoms with van der Waals surface area (Å²) in [7, 11) is 0. The number of carbonyl (C=O) groups excluding carboxylic acids is 1. The SMILES string of the molecule is CCOC(=O)N1CCC(NC(N)=NCc2cc(F)ccc2Br)CC1. The third-order valence-corrected chi connectivity index (χ3v) is 4.57. The predicted octanol–water partition coefficient (Wildman–Crippen LogP) is 2.61. The average Bonchev–Trinajstić information content (AvgIpc) is 2.56. The van der Waals surface area contributed by atoms with Crippen LogP contribution in [0.4, 0.5) is 9.18 Å². The zero-order valence-corrected chi connectivity index (χ0v) is 15.2. The van der Waals surface area contributed by atoms with Crippen molar-refractivity contribution in [1.29, 1.82) is 0 Å². The Balaban J connectivity index is 1.81. The van der Waals surface area contributed by atoms with Crippen molar-refractivity contribution < 1.29 is 13.9 Å². The van der Waals surface area contributed by atoms with Crippen LogP contribution in [0.5, 0.6) is 0 Å². The van der Waals surface area contributed by atoms with Crippen molar-refractivity contribution in [3.05, 3.63) is 34.1 Å². The molecule has 0 unspecified atom stereocenters. The maximum absolute atomic E-state index is 13.2. The number of hydrogen-bond donors (Lipinski definition) is 2. The highest BCUT2D eigenvalue weighted by Gasteiger charge is 2.23. The maximum Gasteiger partial charge on any atom is 0.409 e. The van der Waals surface area contributed by atoms with Crippen molar-refractivity contribution >= 4 is 28.0 Å². The van der Waals surface area contributed by atoms with E-state index >= 15 is 0 Å². The van der Waals surface area contributed by atoms with Gasteiger partial charge in [0.05, 0.1) is 13.2 Å². The predicted molar refractivity (Wildman–Crippen MR) is 94.2 cm³/mol. The molecule has 0 radical (unpaired) electrons. The van der Waals surface area contributed by atoms with E-state index in [1.54, 1.807) is 17.9 Å². The molecule has 1 saturated heterocycles. The third-order valence-electron chi connectivity index (χ3n) is 3.80. The lowest BCUT2D eigenvalue weighted by atomic mass is 10.1. The summed E-state index contributed by atoms with van der Waals surface area (Å²) in [5.41, 5.74) is 6.64. The molecule has 0 atom stereocenters. The first-order chi connectivity index (χ1) is 11.5. The van der Waals surface area contributed by atoms with Crippen molar-refractivity contribution in [3.8, 4) is 0 Å². The summed E-state index contributed by atoms with van der Waals surface area (Å²) in [6.45, 7) is 3.71. The second-order valence-electron chi connectivity index (χ2n) is 5.54. The minimum absolute atomic E-state index is 0.162. The molecule has 2 rings (SSSR count). The fourth-order valence-electron chi connectivity index (χ4n) is 2.51. The van der Waals surface area contributed by atoms with Gasteiger partial charge in [-0.05, 0) is 43.5 Å². The van der Waals surface area contributed by atoms with Gasteiger partial charge in [0, 0.05) is 23.6 Å². The molecule has 1 amide bonds. The Kier molecular flexibility index (Phi) is 6.84. The van der Waals surface area contributed by atoms with Gasteiger partial charge in [-0.15, -0.1) is 0 Å². The van der Waals surface area contributed by atoms with E-state index in [1.165, 1.54) is 12.1 Å². The van der Waals surface area contributed by atoms with Crippen molar-refractivity contribution in [3.63, 3.8) is 0 Å². The number of nitrogens with two attached hydrogens (primary N) is 1. The first-order valence-electron chi connectivity index (χ1n) is 7.91. The highest BCUT2D eigenvalue weighted by molar-refractivity contribution is 9.10. The fourth-order valence-corrected chi connectivity index (χ4v) is 2.88. The van der Waals surface area contributed by atoms with Crippen molar-refractivity contribution in [1.82, 2.24) is 10.2 Å². The molecule has 1 aliphatic heterocycles. The standard InChI is InChI=1S/C16H22BrFN4O2/c1-2-24-16(23)22-7-5-13(6-8-22)21-15(19)20-10-11-9-12(18)3-4-14(11)17/h3-4,9,13H,2,5-8,10H2,1H3,(H3,19,20,21). The number of nitrogens with zero attached hydrogens (tertiary/aromatic N) is 2. The number of benzene rings is 1.